The molecule has 31 heavy (non-hydrogen) atoms. The van der Waals surface area contributed by atoms with Gasteiger partial charge in [-0.15, -0.1) is 0 Å². The van der Waals surface area contributed by atoms with Crippen molar-refractivity contribution in [2.24, 2.45) is 0 Å². The van der Waals surface area contributed by atoms with Gasteiger partial charge in [-0.2, -0.15) is 0 Å². The van der Waals surface area contributed by atoms with E-state index >= 15 is 0 Å². The van der Waals surface area contributed by atoms with Gasteiger partial charge in [0.1, 0.15) is 23.7 Å². The molecule has 0 amide bonds. The van der Waals surface area contributed by atoms with Gasteiger partial charge in [-0.05, 0) is 35.4 Å². The Bertz CT molecular complexity index is 1130. The van der Waals surface area contributed by atoms with E-state index in [1.807, 2.05) is 96.9 Å². The molecule has 154 valence electrons. The first-order valence-electron chi connectivity index (χ1n) is 10.1. The predicted octanol–water partition coefficient (Wildman–Crippen LogP) is 5.39. The van der Waals surface area contributed by atoms with E-state index in [1.54, 1.807) is 6.07 Å². The molecule has 0 saturated heterocycles. The Hall–Kier alpha value is -3.99. The second-order valence-corrected chi connectivity index (χ2v) is 7.23. The third kappa shape index (κ3) is 5.54. The lowest BCUT2D eigenvalue weighted by Gasteiger charge is -2.18. The van der Waals surface area contributed by atoms with Crippen molar-refractivity contribution in [3.05, 3.63) is 108 Å². The summed E-state index contributed by atoms with van der Waals surface area (Å²) in [5, 5.41) is 0. The Morgan fingerprint density at radius 2 is 1.42 bits per heavy atom. The molecule has 0 aliphatic heterocycles. The third-order valence-corrected chi connectivity index (χ3v) is 4.91. The van der Waals surface area contributed by atoms with Gasteiger partial charge in [-0.1, -0.05) is 60.7 Å². The van der Waals surface area contributed by atoms with Crippen molar-refractivity contribution in [2.45, 2.75) is 12.8 Å². The lowest BCUT2D eigenvalue weighted by molar-refractivity contribution is -0.117. The van der Waals surface area contributed by atoms with Gasteiger partial charge in [0.25, 0.3) is 0 Å². The molecular weight excluding hydrogens is 386 g/mol. The zero-order chi connectivity index (χ0) is 21.5. The summed E-state index contributed by atoms with van der Waals surface area (Å²) in [6.07, 6.45) is 2.33. The Labute approximate surface area is 182 Å². The smallest absolute Gasteiger partial charge is 0.224 e. The number of carbonyl (C=O) groups is 1. The lowest BCUT2D eigenvalue weighted by atomic mass is 10.0. The number of hydrogen-bond donors (Lipinski definition) is 0. The number of nitrogens with zero attached hydrogens (tertiary/aromatic N) is 3. The van der Waals surface area contributed by atoms with Crippen LogP contribution in [0.15, 0.2) is 97.3 Å². The van der Waals surface area contributed by atoms with E-state index in [0.717, 1.165) is 22.6 Å². The van der Waals surface area contributed by atoms with Crippen molar-refractivity contribution in [2.75, 3.05) is 11.9 Å². The van der Waals surface area contributed by atoms with Crippen molar-refractivity contribution in [1.29, 1.82) is 0 Å². The molecule has 0 spiro atoms. The lowest BCUT2D eigenvalue weighted by Crippen LogP contribution is -2.11. The number of ketones is 1. The van der Waals surface area contributed by atoms with E-state index in [1.165, 1.54) is 6.33 Å². The van der Waals surface area contributed by atoms with Crippen LogP contribution in [0.3, 0.4) is 0 Å². The highest BCUT2D eigenvalue weighted by molar-refractivity contribution is 5.83. The van der Waals surface area contributed by atoms with E-state index in [9.17, 15) is 4.79 Å². The second-order valence-electron chi connectivity index (χ2n) is 7.23. The van der Waals surface area contributed by atoms with E-state index in [-0.39, 0.29) is 5.78 Å². The molecule has 0 bridgehead atoms. The molecule has 0 saturated carbocycles. The summed E-state index contributed by atoms with van der Waals surface area (Å²) in [6, 6.07) is 29.1. The number of rotatable bonds is 8. The summed E-state index contributed by atoms with van der Waals surface area (Å²) in [7, 11) is 1.95. The highest BCUT2D eigenvalue weighted by atomic mass is 16.5. The number of para-hydroxylation sites is 1. The molecule has 0 unspecified atom stereocenters. The van der Waals surface area contributed by atoms with Gasteiger partial charge in [0.05, 0.1) is 0 Å². The zero-order valence-electron chi connectivity index (χ0n) is 17.3. The fourth-order valence-electron chi connectivity index (χ4n) is 3.26. The fourth-order valence-corrected chi connectivity index (χ4v) is 3.26. The summed E-state index contributed by atoms with van der Waals surface area (Å²) < 4.78 is 5.90. The van der Waals surface area contributed by atoms with Crippen LogP contribution in [0.1, 0.15) is 11.1 Å². The molecule has 0 atom stereocenters. The maximum absolute atomic E-state index is 12.3. The normalized spacial score (nSPS) is 10.5. The minimum atomic E-state index is 0.184. The first kappa shape index (κ1) is 20.3. The molecule has 3 aromatic carbocycles. The van der Waals surface area contributed by atoms with Crippen LogP contribution in [0.25, 0.3) is 0 Å². The van der Waals surface area contributed by atoms with E-state index in [2.05, 4.69) is 9.97 Å². The molecule has 1 aromatic heterocycles. The number of anilines is 2. The van der Waals surface area contributed by atoms with Crippen molar-refractivity contribution >= 4 is 17.3 Å². The highest BCUT2D eigenvalue weighted by Crippen LogP contribution is 2.26. The third-order valence-electron chi connectivity index (χ3n) is 4.91. The Kier molecular flexibility index (Phi) is 6.33. The quantitative estimate of drug-likeness (QED) is 0.390. The summed E-state index contributed by atoms with van der Waals surface area (Å²) in [5.74, 6) is 2.04. The predicted molar refractivity (Wildman–Crippen MR) is 122 cm³/mol. The number of benzene rings is 3. The monoisotopic (exact) mass is 409 g/mol. The van der Waals surface area contributed by atoms with Crippen LogP contribution >= 0.6 is 0 Å². The van der Waals surface area contributed by atoms with Gasteiger partial charge in [-0.3, -0.25) is 4.79 Å². The van der Waals surface area contributed by atoms with Gasteiger partial charge in [0.15, 0.2) is 0 Å². The van der Waals surface area contributed by atoms with Crippen LogP contribution in [0.5, 0.6) is 11.6 Å². The van der Waals surface area contributed by atoms with Crippen LogP contribution < -0.4 is 9.64 Å². The Morgan fingerprint density at radius 1 is 0.806 bits per heavy atom. The number of ether oxygens (including phenoxy) is 1. The minimum absolute atomic E-state index is 0.184. The highest BCUT2D eigenvalue weighted by Gasteiger charge is 2.09. The maximum atomic E-state index is 12.3. The van der Waals surface area contributed by atoms with Crippen molar-refractivity contribution in [3.8, 4) is 11.6 Å². The Morgan fingerprint density at radius 3 is 2.10 bits per heavy atom. The molecule has 4 rings (SSSR count). The van der Waals surface area contributed by atoms with E-state index in [0.29, 0.717) is 24.5 Å². The molecule has 5 heteroatoms. The van der Waals surface area contributed by atoms with Gasteiger partial charge < -0.3 is 9.64 Å². The maximum Gasteiger partial charge on any atom is 0.224 e. The van der Waals surface area contributed by atoms with Crippen molar-refractivity contribution < 1.29 is 9.53 Å². The van der Waals surface area contributed by atoms with Crippen LogP contribution in [-0.4, -0.2) is 22.8 Å². The van der Waals surface area contributed by atoms with Crippen LogP contribution in [0.4, 0.5) is 11.5 Å². The molecule has 4 aromatic rings. The first-order valence-corrected chi connectivity index (χ1v) is 10.1. The van der Waals surface area contributed by atoms with Crippen molar-refractivity contribution in [3.63, 3.8) is 0 Å². The topological polar surface area (TPSA) is 55.3 Å². The average molecular weight is 409 g/mol. The molecule has 0 fully saturated rings. The summed E-state index contributed by atoms with van der Waals surface area (Å²) in [5.41, 5.74) is 3.02. The first-order chi connectivity index (χ1) is 15.2. The average Bonchev–Trinajstić information content (AvgIpc) is 2.81. The molecule has 0 radical (unpaired) electrons. The fraction of sp³-hybridized carbons (Fsp3) is 0.115. The second kappa shape index (κ2) is 9.67. The summed E-state index contributed by atoms with van der Waals surface area (Å²) in [4.78, 5) is 22.8. The van der Waals surface area contributed by atoms with Gasteiger partial charge in [0, 0.05) is 31.6 Å². The number of Topliss-reactive ketones (excluding diaryl/α,β-unsaturated/α-hetero) is 1. The summed E-state index contributed by atoms with van der Waals surface area (Å²) >= 11 is 0. The molecule has 5 nitrogen and oxygen atoms in total. The minimum Gasteiger partial charge on any atom is -0.439 e. The van der Waals surface area contributed by atoms with Crippen LogP contribution in [0.2, 0.25) is 0 Å². The van der Waals surface area contributed by atoms with Gasteiger partial charge in [0.2, 0.25) is 5.88 Å². The van der Waals surface area contributed by atoms with Gasteiger partial charge >= 0.3 is 0 Å². The Balaban J connectivity index is 1.38. The molecule has 0 aliphatic carbocycles. The van der Waals surface area contributed by atoms with Gasteiger partial charge in [-0.25, -0.2) is 9.97 Å². The van der Waals surface area contributed by atoms with Crippen LogP contribution in [-0.2, 0) is 17.6 Å². The zero-order valence-corrected chi connectivity index (χ0v) is 17.3. The van der Waals surface area contributed by atoms with E-state index in [4.69, 9.17) is 4.74 Å². The molecule has 0 N–H and O–H groups in total. The van der Waals surface area contributed by atoms with E-state index < -0.39 is 0 Å². The number of hydrogen-bond acceptors (Lipinski definition) is 5. The van der Waals surface area contributed by atoms with Crippen LogP contribution in [0, 0.1) is 0 Å². The summed E-state index contributed by atoms with van der Waals surface area (Å²) in [6.45, 7) is 0. The standard InChI is InChI=1S/C26H23N3O2/c1-29(22-10-6-3-7-11-22)25-18-26(28-19-27-25)31-24-14-12-21(13-15-24)17-23(30)16-20-8-4-2-5-9-20/h2-15,18-19H,16-17H2,1H3. The molecule has 0 aliphatic rings. The SMILES string of the molecule is CN(c1ccccc1)c1cc(Oc2ccc(CC(=O)Cc3ccccc3)cc2)ncn1. The number of carbonyl (C=O) groups excluding carboxylic acids is 1. The largest absolute Gasteiger partial charge is 0.439 e. The molecular formula is C26H23N3O2. The molecule has 1 heterocycles. The van der Waals surface area contributed by atoms with Crippen molar-refractivity contribution in [1.82, 2.24) is 9.97 Å². The number of aromatic nitrogens is 2.